The third-order valence-corrected chi connectivity index (χ3v) is 5.50. The number of amides is 1. The molecule has 4 rings (SSSR count). The van der Waals surface area contributed by atoms with Crippen molar-refractivity contribution in [2.45, 2.75) is 13.3 Å². The summed E-state index contributed by atoms with van der Waals surface area (Å²) in [6, 6.07) is 14.6. The number of hydrogen-bond acceptors (Lipinski definition) is 5. The summed E-state index contributed by atoms with van der Waals surface area (Å²) in [7, 11) is 3.20. The molecule has 0 spiro atoms. The molecule has 0 aliphatic heterocycles. The Morgan fingerprint density at radius 2 is 1.91 bits per heavy atom. The van der Waals surface area contributed by atoms with Crippen molar-refractivity contribution in [3.63, 3.8) is 0 Å². The average Bonchev–Trinajstić information content (AvgIpc) is 3.14. The lowest BCUT2D eigenvalue weighted by atomic mass is 10.1. The zero-order valence-corrected chi connectivity index (χ0v) is 18.8. The van der Waals surface area contributed by atoms with E-state index in [-0.39, 0.29) is 5.91 Å². The first-order valence-corrected chi connectivity index (χ1v) is 10.5. The molecule has 4 aromatic rings. The average molecular weight is 451 g/mol. The van der Waals surface area contributed by atoms with Gasteiger partial charge in [-0.05, 0) is 61.4 Å². The van der Waals surface area contributed by atoms with E-state index in [1.165, 1.54) is 0 Å². The minimum atomic E-state index is -0.182. The smallest absolute Gasteiger partial charge is 0.251 e. The Hall–Kier alpha value is -3.58. The number of carbonyl (C=O) groups excluding carboxylic acids is 1. The topological polar surface area (TPSA) is 78.3 Å². The molecule has 2 aromatic carbocycles. The number of carbonyl (C=O) groups is 1. The second-order valence-corrected chi connectivity index (χ2v) is 7.61. The Kier molecular flexibility index (Phi) is 6.28. The number of rotatable bonds is 7. The van der Waals surface area contributed by atoms with Gasteiger partial charge in [-0.15, -0.1) is 0 Å². The van der Waals surface area contributed by atoms with Crippen LogP contribution >= 0.6 is 11.6 Å². The monoisotopic (exact) mass is 450 g/mol. The van der Waals surface area contributed by atoms with Crippen LogP contribution in [-0.4, -0.2) is 41.2 Å². The largest absolute Gasteiger partial charge is 0.493 e. The van der Waals surface area contributed by atoms with E-state index >= 15 is 0 Å². The third kappa shape index (κ3) is 4.24. The summed E-state index contributed by atoms with van der Waals surface area (Å²) in [5.74, 6) is 1.89. The van der Waals surface area contributed by atoms with E-state index in [4.69, 9.17) is 21.1 Å². The van der Waals surface area contributed by atoms with Crippen LogP contribution in [0.25, 0.3) is 16.9 Å². The van der Waals surface area contributed by atoms with Crippen LogP contribution in [-0.2, 0) is 6.42 Å². The molecule has 1 N–H and O–H groups in total. The molecule has 1 amide bonds. The van der Waals surface area contributed by atoms with Gasteiger partial charge in [0, 0.05) is 18.3 Å². The predicted octanol–water partition coefficient (Wildman–Crippen LogP) is 4.37. The Morgan fingerprint density at radius 3 is 2.69 bits per heavy atom. The van der Waals surface area contributed by atoms with Crippen molar-refractivity contribution in [1.82, 2.24) is 19.9 Å². The number of benzene rings is 2. The first-order chi connectivity index (χ1) is 15.5. The van der Waals surface area contributed by atoms with Crippen LogP contribution in [0.5, 0.6) is 11.5 Å². The van der Waals surface area contributed by atoms with Crippen molar-refractivity contribution in [2.75, 3.05) is 20.8 Å². The molecule has 8 heteroatoms. The van der Waals surface area contributed by atoms with Crippen molar-refractivity contribution in [2.24, 2.45) is 0 Å². The molecule has 0 saturated heterocycles. The van der Waals surface area contributed by atoms with E-state index < -0.39 is 0 Å². The van der Waals surface area contributed by atoms with E-state index in [9.17, 15) is 4.79 Å². The number of imidazole rings is 1. The molecule has 164 valence electrons. The van der Waals surface area contributed by atoms with Crippen LogP contribution in [0.3, 0.4) is 0 Å². The Bertz CT molecular complexity index is 1290. The lowest BCUT2D eigenvalue weighted by Gasteiger charge is -2.12. The van der Waals surface area contributed by atoms with Crippen LogP contribution < -0.4 is 14.8 Å². The van der Waals surface area contributed by atoms with Gasteiger partial charge in [0.15, 0.2) is 17.1 Å². The van der Waals surface area contributed by atoms with Crippen LogP contribution in [0, 0.1) is 6.92 Å². The maximum Gasteiger partial charge on any atom is 0.251 e. The van der Waals surface area contributed by atoms with Gasteiger partial charge in [-0.1, -0.05) is 17.7 Å². The maximum atomic E-state index is 12.8. The fourth-order valence-electron chi connectivity index (χ4n) is 3.60. The van der Waals surface area contributed by atoms with Crippen LogP contribution in [0.1, 0.15) is 21.7 Å². The van der Waals surface area contributed by atoms with E-state index in [2.05, 4.69) is 15.3 Å². The number of ether oxygens (including phenoxy) is 2. The van der Waals surface area contributed by atoms with E-state index in [1.54, 1.807) is 38.6 Å². The Labute approximate surface area is 191 Å². The van der Waals surface area contributed by atoms with Gasteiger partial charge >= 0.3 is 0 Å². The van der Waals surface area contributed by atoms with Gasteiger partial charge in [-0.25, -0.2) is 9.97 Å². The van der Waals surface area contributed by atoms with E-state index in [0.717, 1.165) is 16.9 Å². The second-order valence-electron chi connectivity index (χ2n) is 7.20. The molecular formula is C24H23ClN4O3. The molecule has 32 heavy (non-hydrogen) atoms. The van der Waals surface area contributed by atoms with Gasteiger partial charge in [-0.2, -0.15) is 0 Å². The molecule has 0 unspecified atom stereocenters. The summed E-state index contributed by atoms with van der Waals surface area (Å²) in [6.45, 7) is 2.36. The Morgan fingerprint density at radius 1 is 1.09 bits per heavy atom. The Balaban J connectivity index is 1.51. The summed E-state index contributed by atoms with van der Waals surface area (Å²) in [4.78, 5) is 21.8. The highest BCUT2D eigenvalue weighted by atomic mass is 35.5. The fraction of sp³-hybridized carbons (Fsp3) is 0.208. The van der Waals surface area contributed by atoms with E-state index in [0.29, 0.717) is 46.4 Å². The molecule has 7 nitrogen and oxygen atoms in total. The van der Waals surface area contributed by atoms with Crippen LogP contribution in [0.2, 0.25) is 5.02 Å². The maximum absolute atomic E-state index is 12.8. The van der Waals surface area contributed by atoms with Gasteiger partial charge in [0.05, 0.1) is 24.9 Å². The number of hydrogen-bond donors (Lipinski definition) is 1. The van der Waals surface area contributed by atoms with Crippen LogP contribution in [0.15, 0.2) is 54.7 Å². The number of aryl methyl sites for hydroxylation is 1. The van der Waals surface area contributed by atoms with Gasteiger partial charge in [0.2, 0.25) is 0 Å². The van der Waals surface area contributed by atoms with Crippen molar-refractivity contribution >= 4 is 28.7 Å². The third-order valence-electron chi connectivity index (χ3n) is 5.18. The van der Waals surface area contributed by atoms with Gasteiger partial charge in [0.25, 0.3) is 5.91 Å². The molecule has 0 bridgehead atoms. The second kappa shape index (κ2) is 9.28. The SMILES string of the molecule is COc1ccc(CCNC(=O)c2ccc(Cl)c(-n3c(C)nc4cccnc43)c2)cc1OC. The minimum absolute atomic E-state index is 0.182. The van der Waals surface area contributed by atoms with Gasteiger partial charge in [-0.3, -0.25) is 9.36 Å². The van der Waals surface area contributed by atoms with Crippen molar-refractivity contribution in [3.8, 4) is 17.2 Å². The molecular weight excluding hydrogens is 428 g/mol. The summed E-state index contributed by atoms with van der Waals surface area (Å²) < 4.78 is 12.5. The number of halogens is 1. The molecule has 0 radical (unpaired) electrons. The molecule has 0 fully saturated rings. The zero-order chi connectivity index (χ0) is 22.7. The molecule has 0 aliphatic rings. The highest BCUT2D eigenvalue weighted by molar-refractivity contribution is 6.32. The summed E-state index contributed by atoms with van der Waals surface area (Å²) >= 11 is 6.47. The van der Waals surface area contributed by atoms with Crippen molar-refractivity contribution in [3.05, 3.63) is 76.7 Å². The first-order valence-electron chi connectivity index (χ1n) is 10.1. The quantitative estimate of drug-likeness (QED) is 0.452. The predicted molar refractivity (Wildman–Crippen MR) is 124 cm³/mol. The van der Waals surface area contributed by atoms with Gasteiger partial charge in [0.1, 0.15) is 11.3 Å². The number of methoxy groups -OCH3 is 2. The molecule has 2 aromatic heterocycles. The number of aromatic nitrogens is 3. The molecule has 0 atom stereocenters. The summed E-state index contributed by atoms with van der Waals surface area (Å²) in [5.41, 5.74) is 3.67. The molecule has 0 saturated carbocycles. The fourth-order valence-corrected chi connectivity index (χ4v) is 3.80. The van der Waals surface area contributed by atoms with Gasteiger partial charge < -0.3 is 14.8 Å². The van der Waals surface area contributed by atoms with Crippen molar-refractivity contribution in [1.29, 1.82) is 0 Å². The first kappa shape index (κ1) is 21.6. The number of nitrogens with zero attached hydrogens (tertiary/aromatic N) is 3. The summed E-state index contributed by atoms with van der Waals surface area (Å²) in [6.07, 6.45) is 2.36. The highest BCUT2D eigenvalue weighted by Gasteiger charge is 2.15. The van der Waals surface area contributed by atoms with Crippen LogP contribution in [0.4, 0.5) is 0 Å². The number of fused-ring (bicyclic) bond motifs is 1. The molecule has 2 heterocycles. The molecule has 0 aliphatic carbocycles. The number of pyridine rings is 1. The number of nitrogens with one attached hydrogen (secondary N) is 1. The lowest BCUT2D eigenvalue weighted by Crippen LogP contribution is -2.25. The lowest BCUT2D eigenvalue weighted by molar-refractivity contribution is 0.0954. The van der Waals surface area contributed by atoms with E-state index in [1.807, 2.05) is 41.8 Å². The van der Waals surface area contributed by atoms with Crippen molar-refractivity contribution < 1.29 is 14.3 Å². The zero-order valence-electron chi connectivity index (χ0n) is 18.1. The standard InChI is InChI=1S/C24H23ClN4O3/c1-15-28-19-5-4-11-26-23(19)29(15)20-14-17(7-8-18(20)25)24(30)27-12-10-16-6-9-21(31-2)22(13-16)32-3/h4-9,11,13-14H,10,12H2,1-3H3,(H,27,30). The summed E-state index contributed by atoms with van der Waals surface area (Å²) in [5, 5.41) is 3.48. The minimum Gasteiger partial charge on any atom is -0.493 e. The normalized spacial score (nSPS) is 10.9. The highest BCUT2D eigenvalue weighted by Crippen LogP contribution is 2.28.